The number of nitriles is 1. The highest BCUT2D eigenvalue weighted by atomic mass is 79.9. The topological polar surface area (TPSA) is 70.0 Å². The van der Waals surface area contributed by atoms with E-state index in [1.807, 2.05) is 0 Å². The first kappa shape index (κ1) is 12.2. The predicted octanol–water partition coefficient (Wildman–Crippen LogP) is 1.64. The Morgan fingerprint density at radius 1 is 1.47 bits per heavy atom. The summed E-state index contributed by atoms with van der Waals surface area (Å²) in [6, 6.07) is 7.50. The van der Waals surface area contributed by atoms with Crippen LogP contribution in [0.2, 0.25) is 0 Å². The molecule has 0 bridgehead atoms. The monoisotopic (exact) mass is 288 g/mol. The van der Waals surface area contributed by atoms with Crippen LogP contribution in [0.25, 0.3) is 0 Å². The summed E-state index contributed by atoms with van der Waals surface area (Å²) >= 11 is 3.14. The molecular weight excluding hydrogens is 280 g/mol. The fourth-order valence-corrected chi connectivity index (χ4v) is 3.14. The minimum absolute atomic E-state index is 0.132. The molecule has 0 saturated heterocycles. The van der Waals surface area contributed by atoms with E-state index < -0.39 is 16.1 Å². The molecule has 1 rings (SSSR count). The second-order valence-electron chi connectivity index (χ2n) is 2.90. The molecular formula is C9H9BrN2O2S. The molecule has 1 atom stereocenters. The average molecular weight is 289 g/mol. The molecule has 0 aliphatic carbocycles. The molecule has 1 aromatic carbocycles. The number of hydrogen-bond acceptors (Lipinski definition) is 3. The van der Waals surface area contributed by atoms with Crippen LogP contribution >= 0.6 is 15.9 Å². The third-order valence-electron chi connectivity index (χ3n) is 1.65. The number of benzene rings is 1. The number of rotatable bonds is 3. The molecule has 0 aromatic heterocycles. The summed E-state index contributed by atoms with van der Waals surface area (Å²) in [6.45, 7) is 1.48. The van der Waals surface area contributed by atoms with Crippen LogP contribution in [-0.4, -0.2) is 14.5 Å². The Hall–Kier alpha value is -0.900. The molecule has 0 spiro atoms. The van der Waals surface area contributed by atoms with Crippen LogP contribution in [0.15, 0.2) is 33.6 Å². The maximum Gasteiger partial charge on any atom is 0.242 e. The largest absolute Gasteiger partial charge is 0.242 e. The van der Waals surface area contributed by atoms with Crippen LogP contribution in [-0.2, 0) is 10.0 Å². The molecule has 0 heterocycles. The molecule has 0 aliphatic heterocycles. The van der Waals surface area contributed by atoms with Crippen LogP contribution in [0.5, 0.6) is 0 Å². The van der Waals surface area contributed by atoms with E-state index in [1.165, 1.54) is 13.0 Å². The lowest BCUT2D eigenvalue weighted by molar-refractivity contribution is 0.576. The maximum absolute atomic E-state index is 11.7. The lowest BCUT2D eigenvalue weighted by Gasteiger charge is -2.08. The minimum Gasteiger partial charge on any atom is -0.207 e. The van der Waals surface area contributed by atoms with Crippen LogP contribution in [0, 0.1) is 11.3 Å². The molecule has 0 aliphatic rings. The Labute approximate surface area is 97.1 Å². The van der Waals surface area contributed by atoms with E-state index in [9.17, 15) is 8.42 Å². The summed E-state index contributed by atoms with van der Waals surface area (Å²) < 4.78 is 26.2. The number of nitrogens with zero attached hydrogens (tertiary/aromatic N) is 1. The number of nitrogens with one attached hydrogen (secondary N) is 1. The van der Waals surface area contributed by atoms with E-state index in [0.29, 0.717) is 4.47 Å². The van der Waals surface area contributed by atoms with E-state index in [4.69, 9.17) is 5.26 Å². The highest BCUT2D eigenvalue weighted by Crippen LogP contribution is 2.20. The van der Waals surface area contributed by atoms with Crippen molar-refractivity contribution in [2.24, 2.45) is 0 Å². The van der Waals surface area contributed by atoms with Gasteiger partial charge in [-0.2, -0.15) is 9.98 Å². The summed E-state index contributed by atoms with van der Waals surface area (Å²) in [5.74, 6) is 0. The van der Waals surface area contributed by atoms with E-state index in [-0.39, 0.29) is 4.90 Å². The van der Waals surface area contributed by atoms with Crippen molar-refractivity contribution in [2.45, 2.75) is 17.9 Å². The van der Waals surface area contributed by atoms with Crippen LogP contribution in [0.1, 0.15) is 6.92 Å². The SMILES string of the molecule is CC(C#N)NS(=O)(=O)c1ccccc1Br. The number of sulfonamides is 1. The minimum atomic E-state index is -3.62. The van der Waals surface area contributed by atoms with Gasteiger partial charge in [-0.25, -0.2) is 8.42 Å². The second-order valence-corrected chi connectivity index (χ2v) is 5.44. The van der Waals surface area contributed by atoms with Crippen molar-refractivity contribution in [1.82, 2.24) is 4.72 Å². The first-order chi connectivity index (χ1) is 6.97. The highest BCUT2D eigenvalue weighted by molar-refractivity contribution is 9.10. The molecule has 0 saturated carbocycles. The van der Waals surface area contributed by atoms with Crippen molar-refractivity contribution in [2.75, 3.05) is 0 Å². The lowest BCUT2D eigenvalue weighted by Crippen LogP contribution is -2.31. The Bertz CT molecular complexity index is 493. The molecule has 4 nitrogen and oxygen atoms in total. The summed E-state index contributed by atoms with van der Waals surface area (Å²) in [5.41, 5.74) is 0. The molecule has 0 radical (unpaired) electrons. The second kappa shape index (κ2) is 4.75. The van der Waals surface area contributed by atoms with Gasteiger partial charge in [0.1, 0.15) is 6.04 Å². The third kappa shape index (κ3) is 3.02. The molecule has 1 N–H and O–H groups in total. The van der Waals surface area contributed by atoms with Crippen molar-refractivity contribution >= 4 is 26.0 Å². The Morgan fingerprint density at radius 3 is 2.60 bits per heavy atom. The van der Waals surface area contributed by atoms with Crippen LogP contribution in [0.3, 0.4) is 0 Å². The normalized spacial score (nSPS) is 13.1. The molecule has 15 heavy (non-hydrogen) atoms. The molecule has 1 unspecified atom stereocenters. The fourth-order valence-electron chi connectivity index (χ4n) is 0.985. The Morgan fingerprint density at radius 2 is 2.07 bits per heavy atom. The van der Waals surface area contributed by atoms with Crippen LogP contribution < -0.4 is 4.72 Å². The zero-order valence-electron chi connectivity index (χ0n) is 7.94. The average Bonchev–Trinajstić information content (AvgIpc) is 2.17. The molecule has 1 aromatic rings. The third-order valence-corrected chi connectivity index (χ3v) is 4.20. The van der Waals surface area contributed by atoms with Crippen molar-refractivity contribution in [3.8, 4) is 6.07 Å². The summed E-state index contributed by atoms with van der Waals surface area (Å²) in [6.07, 6.45) is 0. The first-order valence-corrected chi connectivity index (χ1v) is 6.41. The van der Waals surface area contributed by atoms with Gasteiger partial charge in [0, 0.05) is 4.47 Å². The van der Waals surface area contributed by atoms with Crippen molar-refractivity contribution in [3.05, 3.63) is 28.7 Å². The van der Waals surface area contributed by atoms with Crippen molar-refractivity contribution in [1.29, 1.82) is 5.26 Å². The van der Waals surface area contributed by atoms with Crippen LogP contribution in [0.4, 0.5) is 0 Å². The molecule has 0 amide bonds. The summed E-state index contributed by atoms with van der Waals surface area (Å²) in [7, 11) is -3.62. The van der Waals surface area contributed by atoms with Gasteiger partial charge in [0.15, 0.2) is 0 Å². The quantitative estimate of drug-likeness (QED) is 0.919. The summed E-state index contributed by atoms with van der Waals surface area (Å²) in [5, 5.41) is 8.53. The van der Waals surface area contributed by atoms with Gasteiger partial charge in [0.25, 0.3) is 0 Å². The molecule has 0 fully saturated rings. The lowest BCUT2D eigenvalue weighted by atomic mass is 10.4. The van der Waals surface area contributed by atoms with Gasteiger partial charge in [-0.1, -0.05) is 12.1 Å². The van der Waals surface area contributed by atoms with E-state index in [0.717, 1.165) is 0 Å². The van der Waals surface area contributed by atoms with E-state index in [1.54, 1.807) is 24.3 Å². The van der Waals surface area contributed by atoms with E-state index in [2.05, 4.69) is 20.7 Å². The maximum atomic E-state index is 11.7. The van der Waals surface area contributed by atoms with Gasteiger partial charge in [-0.3, -0.25) is 0 Å². The zero-order chi connectivity index (χ0) is 11.5. The van der Waals surface area contributed by atoms with Gasteiger partial charge in [0.05, 0.1) is 11.0 Å². The van der Waals surface area contributed by atoms with Crippen molar-refractivity contribution < 1.29 is 8.42 Å². The number of halogens is 1. The smallest absolute Gasteiger partial charge is 0.207 e. The molecule has 80 valence electrons. The Balaban J connectivity index is 3.09. The zero-order valence-corrected chi connectivity index (χ0v) is 10.3. The fraction of sp³-hybridized carbons (Fsp3) is 0.222. The number of hydrogen-bond donors (Lipinski definition) is 1. The van der Waals surface area contributed by atoms with Gasteiger partial charge in [-0.05, 0) is 35.0 Å². The molecule has 6 heteroatoms. The standard InChI is InChI=1S/C9H9BrN2O2S/c1-7(6-11)12-15(13,14)9-5-3-2-4-8(9)10/h2-5,7,12H,1H3. The summed E-state index contributed by atoms with van der Waals surface area (Å²) in [4.78, 5) is 0.132. The Kier molecular flexibility index (Phi) is 3.85. The van der Waals surface area contributed by atoms with Crippen molar-refractivity contribution in [3.63, 3.8) is 0 Å². The van der Waals surface area contributed by atoms with Gasteiger partial charge in [-0.15, -0.1) is 0 Å². The highest BCUT2D eigenvalue weighted by Gasteiger charge is 2.19. The first-order valence-electron chi connectivity index (χ1n) is 4.14. The van der Waals surface area contributed by atoms with E-state index >= 15 is 0 Å². The van der Waals surface area contributed by atoms with Gasteiger partial charge < -0.3 is 0 Å². The van der Waals surface area contributed by atoms with Gasteiger partial charge >= 0.3 is 0 Å². The van der Waals surface area contributed by atoms with Gasteiger partial charge in [0.2, 0.25) is 10.0 Å². The predicted molar refractivity (Wildman–Crippen MR) is 59.5 cm³/mol.